The second-order valence-electron chi connectivity index (χ2n) is 5.86. The maximum atomic E-state index is 12.3. The van der Waals surface area contributed by atoms with Crippen LogP contribution in [0, 0.1) is 6.92 Å². The fourth-order valence-corrected chi connectivity index (χ4v) is 3.86. The van der Waals surface area contributed by atoms with Crippen molar-refractivity contribution in [3.05, 3.63) is 57.0 Å². The van der Waals surface area contributed by atoms with Gasteiger partial charge in [0.1, 0.15) is 0 Å². The van der Waals surface area contributed by atoms with Gasteiger partial charge in [-0.1, -0.05) is 55.8 Å². The smallest absolute Gasteiger partial charge is 0.234 e. The van der Waals surface area contributed by atoms with Gasteiger partial charge in [-0.15, -0.1) is 10.2 Å². The molecule has 27 heavy (non-hydrogen) atoms. The van der Waals surface area contributed by atoms with E-state index in [1.54, 1.807) is 0 Å². The van der Waals surface area contributed by atoms with E-state index in [0.29, 0.717) is 0 Å². The average molecular weight is 510 g/mol. The van der Waals surface area contributed by atoms with E-state index in [-0.39, 0.29) is 11.7 Å². The number of hydrogen-bond donors (Lipinski definition) is 1. The molecule has 0 unspecified atom stereocenters. The van der Waals surface area contributed by atoms with Crippen LogP contribution in [0.15, 0.2) is 56.6 Å². The zero-order valence-electron chi connectivity index (χ0n) is 14.9. The lowest BCUT2D eigenvalue weighted by Crippen LogP contribution is -2.14. The summed E-state index contributed by atoms with van der Waals surface area (Å²) >= 11 is 8.29. The van der Waals surface area contributed by atoms with E-state index < -0.39 is 0 Å². The van der Waals surface area contributed by atoms with Crippen molar-refractivity contribution in [1.29, 1.82) is 0 Å². The Balaban J connectivity index is 1.68. The highest BCUT2D eigenvalue weighted by atomic mass is 79.9. The van der Waals surface area contributed by atoms with Crippen LogP contribution in [0.5, 0.6) is 0 Å². The Hall–Kier alpha value is -1.64. The van der Waals surface area contributed by atoms with Crippen LogP contribution in [0.3, 0.4) is 0 Å². The topological polar surface area (TPSA) is 59.8 Å². The molecule has 0 aliphatic carbocycles. The minimum Gasteiger partial charge on any atom is -0.325 e. The highest BCUT2D eigenvalue weighted by molar-refractivity contribution is 9.10. The van der Waals surface area contributed by atoms with Gasteiger partial charge >= 0.3 is 0 Å². The summed E-state index contributed by atoms with van der Waals surface area (Å²) in [5, 5.41) is 12.2. The van der Waals surface area contributed by atoms with Crippen molar-refractivity contribution in [2.24, 2.45) is 0 Å². The van der Waals surface area contributed by atoms with E-state index in [1.807, 2.05) is 60.9 Å². The van der Waals surface area contributed by atoms with Crippen molar-refractivity contribution in [3.63, 3.8) is 0 Å². The summed E-state index contributed by atoms with van der Waals surface area (Å²) in [6, 6.07) is 13.7. The van der Waals surface area contributed by atoms with Gasteiger partial charge in [0.15, 0.2) is 11.0 Å². The number of aryl methyl sites for hydroxylation is 1. The summed E-state index contributed by atoms with van der Waals surface area (Å²) in [5.74, 6) is 1.00. The zero-order valence-corrected chi connectivity index (χ0v) is 18.9. The molecule has 8 heteroatoms. The van der Waals surface area contributed by atoms with Gasteiger partial charge in [-0.25, -0.2) is 0 Å². The number of thioether (sulfide) groups is 1. The number of benzene rings is 2. The Bertz CT molecular complexity index is 957. The van der Waals surface area contributed by atoms with Gasteiger partial charge in [-0.3, -0.25) is 4.79 Å². The molecule has 0 aliphatic rings. The molecule has 1 heterocycles. The number of hydrogen-bond acceptors (Lipinski definition) is 4. The van der Waals surface area contributed by atoms with Crippen LogP contribution in [-0.4, -0.2) is 26.4 Å². The van der Waals surface area contributed by atoms with Gasteiger partial charge in [-0.05, 0) is 49.7 Å². The quantitative estimate of drug-likeness (QED) is 0.444. The maximum Gasteiger partial charge on any atom is 0.234 e. The second-order valence-corrected chi connectivity index (χ2v) is 8.57. The van der Waals surface area contributed by atoms with Gasteiger partial charge < -0.3 is 9.88 Å². The molecule has 3 rings (SSSR count). The van der Waals surface area contributed by atoms with E-state index in [4.69, 9.17) is 0 Å². The molecule has 5 nitrogen and oxygen atoms in total. The maximum absolute atomic E-state index is 12.3. The number of carbonyl (C=O) groups excluding carboxylic acids is 1. The van der Waals surface area contributed by atoms with Crippen molar-refractivity contribution in [2.45, 2.75) is 25.5 Å². The van der Waals surface area contributed by atoms with Crippen LogP contribution < -0.4 is 5.32 Å². The van der Waals surface area contributed by atoms with Crippen LogP contribution in [0.2, 0.25) is 0 Å². The van der Waals surface area contributed by atoms with E-state index in [0.717, 1.165) is 43.3 Å². The van der Waals surface area contributed by atoms with Gasteiger partial charge in [0.2, 0.25) is 5.91 Å². The van der Waals surface area contributed by atoms with Crippen LogP contribution in [-0.2, 0) is 11.3 Å². The molecule has 1 amide bonds. The third kappa shape index (κ3) is 5.00. The predicted molar refractivity (Wildman–Crippen MR) is 117 cm³/mol. The number of rotatable bonds is 6. The summed E-state index contributed by atoms with van der Waals surface area (Å²) in [5.41, 5.74) is 2.85. The summed E-state index contributed by atoms with van der Waals surface area (Å²) < 4.78 is 4.06. The largest absolute Gasteiger partial charge is 0.325 e. The standard InChI is InChI=1S/C19H18Br2N4OS/c1-3-25-18(13-4-6-14(20)7-5-13)23-24-19(25)27-11-17(26)22-15-8-9-16(21)12(2)10-15/h4-10H,3,11H2,1-2H3,(H,22,26). The molecule has 0 spiro atoms. The summed E-state index contributed by atoms with van der Waals surface area (Å²) in [6.45, 7) is 4.76. The first kappa shape index (κ1) is 20.1. The van der Waals surface area contributed by atoms with Crippen molar-refractivity contribution < 1.29 is 4.79 Å². The third-order valence-corrected chi connectivity index (χ3v) is 6.29. The van der Waals surface area contributed by atoms with Crippen molar-refractivity contribution >= 4 is 55.2 Å². The first-order valence-corrected chi connectivity index (χ1v) is 10.9. The molecule has 3 aromatic rings. The lowest BCUT2D eigenvalue weighted by Gasteiger charge is -2.09. The Morgan fingerprint density at radius 1 is 1.15 bits per heavy atom. The van der Waals surface area contributed by atoms with Crippen molar-refractivity contribution in [2.75, 3.05) is 11.1 Å². The molecule has 0 fully saturated rings. The number of nitrogens with zero attached hydrogens (tertiary/aromatic N) is 3. The molecule has 1 aromatic heterocycles. The monoisotopic (exact) mass is 508 g/mol. The first-order chi connectivity index (χ1) is 13.0. The number of aromatic nitrogens is 3. The van der Waals surface area contributed by atoms with Gasteiger partial charge in [-0.2, -0.15) is 0 Å². The number of halogens is 2. The lowest BCUT2D eigenvalue weighted by molar-refractivity contribution is -0.113. The van der Waals surface area contributed by atoms with Crippen LogP contribution in [0.1, 0.15) is 12.5 Å². The molecule has 140 valence electrons. The lowest BCUT2D eigenvalue weighted by atomic mass is 10.2. The molecule has 0 saturated heterocycles. The molecule has 0 aliphatic heterocycles. The molecule has 0 atom stereocenters. The minimum absolute atomic E-state index is 0.0717. The van der Waals surface area contributed by atoms with Crippen molar-refractivity contribution in [1.82, 2.24) is 14.8 Å². The predicted octanol–water partition coefficient (Wildman–Crippen LogP) is 5.53. The van der Waals surface area contributed by atoms with E-state index in [2.05, 4.69) is 47.4 Å². The normalized spacial score (nSPS) is 10.8. The minimum atomic E-state index is -0.0717. The van der Waals surface area contributed by atoms with Gasteiger partial charge in [0.05, 0.1) is 5.75 Å². The molecule has 2 aromatic carbocycles. The Morgan fingerprint density at radius 3 is 2.56 bits per heavy atom. The first-order valence-electron chi connectivity index (χ1n) is 8.36. The highest BCUT2D eigenvalue weighted by Crippen LogP contribution is 2.25. The third-order valence-electron chi connectivity index (χ3n) is 3.91. The number of nitrogens with one attached hydrogen (secondary N) is 1. The summed E-state index contributed by atoms with van der Waals surface area (Å²) in [7, 11) is 0. The molecular formula is C19H18Br2N4OS. The molecule has 0 saturated carbocycles. The zero-order chi connectivity index (χ0) is 19.4. The Labute approximate surface area is 179 Å². The van der Waals surface area contributed by atoms with E-state index >= 15 is 0 Å². The van der Waals surface area contributed by atoms with Crippen LogP contribution >= 0.6 is 43.6 Å². The highest BCUT2D eigenvalue weighted by Gasteiger charge is 2.14. The molecule has 1 N–H and O–H groups in total. The SMILES string of the molecule is CCn1c(SCC(=O)Nc2ccc(Br)c(C)c2)nnc1-c1ccc(Br)cc1. The van der Waals surface area contributed by atoms with Gasteiger partial charge in [0, 0.05) is 26.7 Å². The fourth-order valence-electron chi connectivity index (χ4n) is 2.54. The fraction of sp³-hybridized carbons (Fsp3) is 0.211. The molecular weight excluding hydrogens is 492 g/mol. The second kappa shape index (κ2) is 9.03. The Kier molecular flexibility index (Phi) is 6.73. The molecule has 0 radical (unpaired) electrons. The summed E-state index contributed by atoms with van der Waals surface area (Å²) in [4.78, 5) is 12.3. The Morgan fingerprint density at radius 2 is 1.89 bits per heavy atom. The summed E-state index contributed by atoms with van der Waals surface area (Å²) in [6.07, 6.45) is 0. The average Bonchev–Trinajstić information content (AvgIpc) is 3.06. The number of carbonyl (C=O) groups is 1. The number of anilines is 1. The van der Waals surface area contributed by atoms with Crippen LogP contribution in [0.4, 0.5) is 5.69 Å². The molecule has 0 bridgehead atoms. The van der Waals surface area contributed by atoms with E-state index in [9.17, 15) is 4.79 Å². The van der Waals surface area contributed by atoms with Crippen LogP contribution in [0.25, 0.3) is 11.4 Å². The van der Waals surface area contributed by atoms with Crippen molar-refractivity contribution in [3.8, 4) is 11.4 Å². The number of amides is 1. The van der Waals surface area contributed by atoms with Gasteiger partial charge in [0.25, 0.3) is 0 Å². The van der Waals surface area contributed by atoms with E-state index in [1.165, 1.54) is 11.8 Å².